The molecule has 2 aromatic carbocycles. The Morgan fingerprint density at radius 2 is 1.76 bits per heavy atom. The molecule has 1 aliphatic rings. The Morgan fingerprint density at radius 1 is 1.06 bits per heavy atom. The largest absolute Gasteiger partial charge is 0.496 e. The van der Waals surface area contributed by atoms with E-state index >= 15 is 0 Å². The molecule has 33 heavy (non-hydrogen) atoms. The van der Waals surface area contributed by atoms with Gasteiger partial charge in [-0.1, -0.05) is 0 Å². The van der Waals surface area contributed by atoms with Gasteiger partial charge in [-0.15, -0.1) is 0 Å². The van der Waals surface area contributed by atoms with E-state index in [-0.39, 0.29) is 11.7 Å². The number of amides is 1. The second-order valence-corrected chi connectivity index (χ2v) is 7.46. The first-order valence-electron chi connectivity index (χ1n) is 10.1. The SMILES string of the molecule is COc1cc(OC)c([C@H]2C(C(=O)Nc3ccc(F)cc3C)=C(C)Nc3ncnn32)cc1OC. The van der Waals surface area contributed by atoms with Gasteiger partial charge in [0.1, 0.15) is 23.9 Å². The van der Waals surface area contributed by atoms with Gasteiger partial charge in [0.05, 0.1) is 26.9 Å². The molecule has 1 amide bonds. The summed E-state index contributed by atoms with van der Waals surface area (Å²) in [5, 5.41) is 10.4. The van der Waals surface area contributed by atoms with Gasteiger partial charge in [0, 0.05) is 23.0 Å². The highest BCUT2D eigenvalue weighted by atomic mass is 19.1. The van der Waals surface area contributed by atoms with Gasteiger partial charge in [0.15, 0.2) is 11.5 Å². The zero-order valence-electron chi connectivity index (χ0n) is 18.9. The summed E-state index contributed by atoms with van der Waals surface area (Å²) in [5.41, 5.74) is 2.72. The number of allylic oxidation sites excluding steroid dienone is 1. The number of hydrogen-bond acceptors (Lipinski definition) is 7. The number of nitrogens with one attached hydrogen (secondary N) is 2. The highest BCUT2D eigenvalue weighted by molar-refractivity contribution is 6.06. The molecule has 0 fully saturated rings. The van der Waals surface area contributed by atoms with Crippen molar-refractivity contribution in [1.82, 2.24) is 14.8 Å². The van der Waals surface area contributed by atoms with Crippen LogP contribution in [0.15, 0.2) is 47.9 Å². The van der Waals surface area contributed by atoms with Gasteiger partial charge in [-0.25, -0.2) is 9.07 Å². The lowest BCUT2D eigenvalue weighted by Crippen LogP contribution is -2.32. The van der Waals surface area contributed by atoms with Gasteiger partial charge in [0.25, 0.3) is 5.91 Å². The lowest BCUT2D eigenvalue weighted by molar-refractivity contribution is -0.113. The summed E-state index contributed by atoms with van der Waals surface area (Å²) in [6.07, 6.45) is 1.40. The van der Waals surface area contributed by atoms with E-state index in [1.807, 2.05) is 0 Å². The predicted octanol–water partition coefficient (Wildman–Crippen LogP) is 3.68. The van der Waals surface area contributed by atoms with Crippen molar-refractivity contribution >= 4 is 17.5 Å². The molecule has 0 bridgehead atoms. The number of halogens is 1. The van der Waals surface area contributed by atoms with Crippen molar-refractivity contribution in [3.8, 4) is 17.2 Å². The van der Waals surface area contributed by atoms with Crippen LogP contribution in [-0.4, -0.2) is 42.0 Å². The minimum atomic E-state index is -0.681. The molecule has 1 atom stereocenters. The molecule has 3 aromatic rings. The number of carbonyl (C=O) groups excluding carboxylic acids is 1. The number of ether oxygens (including phenoxy) is 3. The van der Waals surface area contributed by atoms with Gasteiger partial charge in [-0.2, -0.15) is 10.1 Å². The van der Waals surface area contributed by atoms with E-state index in [0.717, 1.165) is 0 Å². The Hall–Kier alpha value is -4.08. The van der Waals surface area contributed by atoms with Crippen molar-refractivity contribution in [1.29, 1.82) is 0 Å². The van der Waals surface area contributed by atoms with Crippen LogP contribution in [0.25, 0.3) is 0 Å². The van der Waals surface area contributed by atoms with Crippen LogP contribution in [0.1, 0.15) is 24.1 Å². The second kappa shape index (κ2) is 8.81. The fourth-order valence-electron chi connectivity index (χ4n) is 3.90. The minimum absolute atomic E-state index is 0.375. The van der Waals surface area contributed by atoms with Crippen molar-refractivity contribution < 1.29 is 23.4 Å². The van der Waals surface area contributed by atoms with Gasteiger partial charge in [-0.3, -0.25) is 4.79 Å². The lowest BCUT2D eigenvalue weighted by Gasteiger charge is -2.30. The maximum atomic E-state index is 13.5. The molecular weight excluding hydrogens is 429 g/mol. The maximum absolute atomic E-state index is 13.5. The maximum Gasteiger partial charge on any atom is 0.255 e. The first kappa shape index (κ1) is 22.1. The van der Waals surface area contributed by atoms with Crippen molar-refractivity contribution in [3.05, 3.63) is 64.9 Å². The number of rotatable bonds is 6. The number of anilines is 2. The average molecular weight is 453 g/mol. The Kier molecular flexibility index (Phi) is 5.91. The van der Waals surface area contributed by atoms with E-state index in [9.17, 15) is 9.18 Å². The van der Waals surface area contributed by atoms with Crippen LogP contribution >= 0.6 is 0 Å². The molecule has 1 aliphatic heterocycles. The number of fused-ring (bicyclic) bond motifs is 1. The monoisotopic (exact) mass is 453 g/mol. The molecule has 0 aliphatic carbocycles. The molecule has 0 spiro atoms. The van der Waals surface area contributed by atoms with Crippen LogP contribution in [0.3, 0.4) is 0 Å². The van der Waals surface area contributed by atoms with E-state index < -0.39 is 6.04 Å². The zero-order chi connectivity index (χ0) is 23.7. The van der Waals surface area contributed by atoms with E-state index in [1.54, 1.807) is 30.7 Å². The van der Waals surface area contributed by atoms with Crippen molar-refractivity contribution in [2.24, 2.45) is 0 Å². The van der Waals surface area contributed by atoms with Crippen LogP contribution < -0.4 is 24.8 Å². The number of aromatic nitrogens is 3. The molecule has 172 valence electrons. The van der Waals surface area contributed by atoms with Crippen molar-refractivity contribution in [3.63, 3.8) is 0 Å². The van der Waals surface area contributed by atoms with Crippen molar-refractivity contribution in [2.75, 3.05) is 32.0 Å². The summed E-state index contributed by atoms with van der Waals surface area (Å²) >= 11 is 0. The number of benzene rings is 2. The normalized spacial score (nSPS) is 14.9. The summed E-state index contributed by atoms with van der Waals surface area (Å²) in [5.74, 6) is 1.17. The Bertz CT molecular complexity index is 1250. The van der Waals surface area contributed by atoms with E-state index in [2.05, 4.69) is 20.7 Å². The van der Waals surface area contributed by atoms with Crippen LogP contribution in [0.5, 0.6) is 17.2 Å². The Labute approximate surface area is 190 Å². The van der Waals surface area contributed by atoms with Gasteiger partial charge in [0.2, 0.25) is 5.95 Å². The third kappa shape index (κ3) is 3.95. The molecule has 0 saturated heterocycles. The standard InChI is InChI=1S/C23H24FN5O4/c1-12-8-14(24)6-7-16(12)28-22(30)20-13(2)27-23-25-11-26-29(23)21(20)15-9-18(32-4)19(33-5)10-17(15)31-3/h6-11,21H,1-5H3,(H,28,30)(H,25,26,27)/t21-/m0/s1. The van der Waals surface area contributed by atoms with Crippen LogP contribution in [-0.2, 0) is 4.79 Å². The molecule has 10 heteroatoms. The van der Waals surface area contributed by atoms with Crippen LogP contribution in [0, 0.1) is 12.7 Å². The highest BCUT2D eigenvalue weighted by Crippen LogP contribution is 2.43. The predicted molar refractivity (Wildman–Crippen MR) is 120 cm³/mol. The van der Waals surface area contributed by atoms with Crippen molar-refractivity contribution in [2.45, 2.75) is 19.9 Å². The second-order valence-electron chi connectivity index (χ2n) is 7.46. The third-order valence-electron chi connectivity index (χ3n) is 5.51. The van der Waals surface area contributed by atoms with E-state index in [1.165, 1.54) is 45.9 Å². The summed E-state index contributed by atoms with van der Waals surface area (Å²) in [7, 11) is 4.60. The third-order valence-corrected chi connectivity index (χ3v) is 5.51. The van der Waals surface area contributed by atoms with Crippen LogP contribution in [0.2, 0.25) is 0 Å². The molecule has 2 N–H and O–H groups in total. The minimum Gasteiger partial charge on any atom is -0.496 e. The number of aryl methyl sites for hydroxylation is 1. The number of carbonyl (C=O) groups is 1. The fraction of sp³-hybridized carbons (Fsp3) is 0.261. The Morgan fingerprint density at radius 3 is 2.42 bits per heavy atom. The molecular formula is C23H24FN5O4. The quantitative estimate of drug-likeness (QED) is 0.587. The summed E-state index contributed by atoms with van der Waals surface area (Å²) < 4.78 is 31.7. The lowest BCUT2D eigenvalue weighted by atomic mass is 9.93. The summed E-state index contributed by atoms with van der Waals surface area (Å²) in [4.78, 5) is 17.8. The molecule has 0 unspecified atom stereocenters. The van der Waals surface area contributed by atoms with E-state index in [4.69, 9.17) is 14.2 Å². The first-order chi connectivity index (χ1) is 15.9. The molecule has 4 rings (SSSR count). The average Bonchev–Trinajstić information content (AvgIpc) is 3.27. The van der Waals surface area contributed by atoms with Gasteiger partial charge in [-0.05, 0) is 43.7 Å². The van der Waals surface area contributed by atoms with Crippen LogP contribution in [0.4, 0.5) is 16.0 Å². The molecule has 9 nitrogen and oxygen atoms in total. The Balaban J connectivity index is 1.85. The highest BCUT2D eigenvalue weighted by Gasteiger charge is 2.36. The first-order valence-corrected chi connectivity index (χ1v) is 10.1. The zero-order valence-corrected chi connectivity index (χ0v) is 18.9. The topological polar surface area (TPSA) is 99.5 Å². The van der Waals surface area contributed by atoms with E-state index in [0.29, 0.717) is 51.3 Å². The smallest absolute Gasteiger partial charge is 0.255 e. The summed E-state index contributed by atoms with van der Waals surface area (Å²) in [6.45, 7) is 3.51. The van der Waals surface area contributed by atoms with Gasteiger partial charge < -0.3 is 24.8 Å². The number of nitrogens with zero attached hydrogens (tertiary/aromatic N) is 3. The number of methoxy groups -OCH3 is 3. The molecule has 2 heterocycles. The fourth-order valence-corrected chi connectivity index (χ4v) is 3.90. The molecule has 0 radical (unpaired) electrons. The molecule has 0 saturated carbocycles. The summed E-state index contributed by atoms with van der Waals surface area (Å²) in [6, 6.07) is 6.96. The number of hydrogen-bond donors (Lipinski definition) is 2. The molecule has 1 aromatic heterocycles. The van der Waals surface area contributed by atoms with Gasteiger partial charge >= 0.3 is 0 Å².